The van der Waals surface area contributed by atoms with Crippen LogP contribution in [0.3, 0.4) is 0 Å². The molecule has 168 valence electrons. The van der Waals surface area contributed by atoms with Crippen molar-refractivity contribution in [3.8, 4) is 11.3 Å². The van der Waals surface area contributed by atoms with Gasteiger partial charge in [-0.2, -0.15) is 0 Å². The van der Waals surface area contributed by atoms with Gasteiger partial charge in [0.05, 0.1) is 10.7 Å². The second kappa shape index (κ2) is 9.63. The second-order valence-electron chi connectivity index (χ2n) is 8.35. The van der Waals surface area contributed by atoms with Crippen LogP contribution < -0.4 is 5.32 Å². The summed E-state index contributed by atoms with van der Waals surface area (Å²) >= 11 is 5.94. The fourth-order valence-electron chi connectivity index (χ4n) is 4.48. The molecule has 33 heavy (non-hydrogen) atoms. The van der Waals surface area contributed by atoms with E-state index in [1.165, 1.54) is 0 Å². The third-order valence-corrected chi connectivity index (χ3v) is 6.26. The van der Waals surface area contributed by atoms with Crippen molar-refractivity contribution in [2.24, 2.45) is 5.92 Å². The van der Waals surface area contributed by atoms with Gasteiger partial charge in [-0.05, 0) is 73.4 Å². The molecule has 2 atom stereocenters. The van der Waals surface area contributed by atoms with E-state index in [0.717, 1.165) is 27.9 Å². The van der Waals surface area contributed by atoms with Crippen LogP contribution >= 0.6 is 11.6 Å². The van der Waals surface area contributed by atoms with E-state index in [0.29, 0.717) is 23.7 Å². The molecular weight excluding hydrogens is 438 g/mol. The first-order valence-corrected chi connectivity index (χ1v) is 11.2. The number of nitrogens with zero attached hydrogens (tertiary/aromatic N) is 2. The van der Waals surface area contributed by atoms with E-state index in [4.69, 9.17) is 11.6 Å². The van der Waals surface area contributed by atoms with Crippen molar-refractivity contribution in [3.63, 3.8) is 0 Å². The normalized spacial score (nSPS) is 17.9. The fraction of sp³-hybridized carbons (Fsp3) is 0.269. The molecule has 2 heterocycles. The molecule has 1 aromatic carbocycles. The summed E-state index contributed by atoms with van der Waals surface area (Å²) in [6.45, 7) is 4.15. The van der Waals surface area contributed by atoms with Crippen LogP contribution in [-0.4, -0.2) is 34.0 Å². The zero-order chi connectivity index (χ0) is 23.5. The summed E-state index contributed by atoms with van der Waals surface area (Å²) < 4.78 is 0. The quantitative estimate of drug-likeness (QED) is 0.547. The lowest BCUT2D eigenvalue weighted by Crippen LogP contribution is -2.27. The molecule has 2 unspecified atom stereocenters. The number of hydrogen-bond donors (Lipinski definition) is 1. The topological polar surface area (TPSA) is 89.0 Å². The maximum Gasteiger partial charge on any atom is 0.269 e. The lowest BCUT2D eigenvalue weighted by molar-refractivity contribution is -0.124. The molecule has 0 aliphatic heterocycles. The minimum atomic E-state index is -0.756. The van der Waals surface area contributed by atoms with Crippen LogP contribution in [0.4, 0.5) is 0 Å². The Bertz CT molecular complexity index is 1190. The highest BCUT2D eigenvalue weighted by atomic mass is 35.5. The number of aryl methyl sites for hydroxylation is 2. The van der Waals surface area contributed by atoms with Crippen molar-refractivity contribution in [2.75, 3.05) is 6.54 Å². The summed E-state index contributed by atoms with van der Waals surface area (Å²) in [7, 11) is 0. The largest absolute Gasteiger partial charge is 0.351 e. The van der Waals surface area contributed by atoms with E-state index in [9.17, 15) is 14.4 Å². The van der Waals surface area contributed by atoms with Gasteiger partial charge >= 0.3 is 0 Å². The van der Waals surface area contributed by atoms with Crippen LogP contribution in [0.15, 0.2) is 54.9 Å². The molecule has 0 spiro atoms. The summed E-state index contributed by atoms with van der Waals surface area (Å²) in [5.74, 6) is -1.58. The molecule has 7 heteroatoms. The Labute approximate surface area is 197 Å². The Morgan fingerprint density at radius 2 is 1.85 bits per heavy atom. The standard InChI is InChI=1S/C26H24ClN3O3/c1-15-11-18(20-7-6-19(27)14-30-20)12-16(2)23(15)24-22(31)13-17(25(24)32)8-10-29-26(33)21-5-3-4-9-28-21/h3-7,9,11-12,14,17,24H,8,10,13H2,1-2H3,(H,29,33). The highest BCUT2D eigenvalue weighted by Crippen LogP contribution is 2.38. The van der Waals surface area contributed by atoms with Gasteiger partial charge in [0.25, 0.3) is 5.91 Å². The van der Waals surface area contributed by atoms with Crippen molar-refractivity contribution < 1.29 is 14.4 Å². The van der Waals surface area contributed by atoms with E-state index in [-0.39, 0.29) is 23.9 Å². The van der Waals surface area contributed by atoms with Gasteiger partial charge in [-0.3, -0.25) is 24.4 Å². The number of Topliss-reactive ketones (excluding diaryl/α,β-unsaturated/α-hetero) is 2. The van der Waals surface area contributed by atoms with Gasteiger partial charge in [0, 0.05) is 36.8 Å². The van der Waals surface area contributed by atoms with Crippen molar-refractivity contribution in [1.82, 2.24) is 15.3 Å². The van der Waals surface area contributed by atoms with E-state index < -0.39 is 11.8 Å². The van der Waals surface area contributed by atoms with Crippen LogP contribution in [0.25, 0.3) is 11.3 Å². The Balaban J connectivity index is 1.47. The molecule has 1 saturated carbocycles. The summed E-state index contributed by atoms with van der Waals surface area (Å²) in [5.41, 5.74) is 4.57. The number of rotatable bonds is 6. The van der Waals surface area contributed by atoms with Crippen LogP contribution in [-0.2, 0) is 9.59 Å². The number of amides is 1. The van der Waals surface area contributed by atoms with Gasteiger partial charge in [0.2, 0.25) is 0 Å². The number of ketones is 2. The molecule has 1 aliphatic carbocycles. The molecule has 0 bridgehead atoms. The Morgan fingerprint density at radius 3 is 2.48 bits per heavy atom. The number of aromatic nitrogens is 2. The molecule has 3 aromatic rings. The van der Waals surface area contributed by atoms with Crippen LogP contribution in [0.2, 0.25) is 5.02 Å². The Kier molecular flexibility index (Phi) is 6.65. The van der Waals surface area contributed by atoms with Crippen LogP contribution in [0.1, 0.15) is 45.9 Å². The van der Waals surface area contributed by atoms with Gasteiger partial charge < -0.3 is 5.32 Å². The molecule has 6 nitrogen and oxygen atoms in total. The number of hydrogen-bond acceptors (Lipinski definition) is 5. The molecular formula is C26H24ClN3O3. The van der Waals surface area contributed by atoms with E-state index in [1.54, 1.807) is 36.7 Å². The summed E-state index contributed by atoms with van der Waals surface area (Å²) in [6, 6.07) is 12.7. The molecule has 2 aromatic heterocycles. The highest BCUT2D eigenvalue weighted by Gasteiger charge is 2.42. The van der Waals surface area contributed by atoms with E-state index in [2.05, 4.69) is 15.3 Å². The third kappa shape index (κ3) is 4.86. The monoisotopic (exact) mass is 461 g/mol. The average Bonchev–Trinajstić information content (AvgIpc) is 3.07. The predicted molar refractivity (Wildman–Crippen MR) is 126 cm³/mol. The predicted octanol–water partition coefficient (Wildman–Crippen LogP) is 4.48. The van der Waals surface area contributed by atoms with Crippen LogP contribution in [0, 0.1) is 19.8 Å². The first-order chi connectivity index (χ1) is 15.8. The molecule has 0 saturated heterocycles. The van der Waals surface area contributed by atoms with Gasteiger partial charge in [-0.1, -0.05) is 17.7 Å². The fourth-order valence-corrected chi connectivity index (χ4v) is 4.59. The van der Waals surface area contributed by atoms with Crippen molar-refractivity contribution in [1.29, 1.82) is 0 Å². The summed E-state index contributed by atoms with van der Waals surface area (Å²) in [6.07, 6.45) is 3.77. The number of carbonyl (C=O) groups is 3. The number of benzene rings is 1. The SMILES string of the molecule is Cc1cc(-c2ccc(Cl)cn2)cc(C)c1C1C(=O)CC(CCNC(=O)c2ccccn2)C1=O. The summed E-state index contributed by atoms with van der Waals surface area (Å²) in [5, 5.41) is 3.35. The van der Waals surface area contributed by atoms with Gasteiger partial charge in [-0.25, -0.2) is 0 Å². The zero-order valence-electron chi connectivity index (χ0n) is 18.5. The average molecular weight is 462 g/mol. The molecule has 4 rings (SSSR count). The molecule has 1 fully saturated rings. The highest BCUT2D eigenvalue weighted by molar-refractivity contribution is 6.30. The lowest BCUT2D eigenvalue weighted by atomic mass is 9.85. The third-order valence-electron chi connectivity index (χ3n) is 6.04. The first-order valence-electron chi connectivity index (χ1n) is 10.8. The number of carbonyl (C=O) groups excluding carboxylic acids is 3. The van der Waals surface area contributed by atoms with Gasteiger partial charge in [0.15, 0.2) is 5.78 Å². The lowest BCUT2D eigenvalue weighted by Gasteiger charge is -2.17. The van der Waals surface area contributed by atoms with Crippen molar-refractivity contribution >= 4 is 29.1 Å². The molecule has 1 N–H and O–H groups in total. The summed E-state index contributed by atoms with van der Waals surface area (Å²) in [4.78, 5) is 46.6. The first kappa shape index (κ1) is 22.8. The van der Waals surface area contributed by atoms with Gasteiger partial charge in [-0.15, -0.1) is 0 Å². The van der Waals surface area contributed by atoms with Crippen molar-refractivity contribution in [2.45, 2.75) is 32.6 Å². The smallest absolute Gasteiger partial charge is 0.269 e. The van der Waals surface area contributed by atoms with E-state index >= 15 is 0 Å². The minimum Gasteiger partial charge on any atom is -0.351 e. The molecule has 1 amide bonds. The van der Waals surface area contributed by atoms with E-state index in [1.807, 2.05) is 32.0 Å². The van der Waals surface area contributed by atoms with Crippen LogP contribution in [0.5, 0.6) is 0 Å². The number of pyridine rings is 2. The van der Waals surface area contributed by atoms with Gasteiger partial charge in [0.1, 0.15) is 17.4 Å². The van der Waals surface area contributed by atoms with Crippen molar-refractivity contribution in [3.05, 3.63) is 82.3 Å². The number of halogens is 1. The zero-order valence-corrected chi connectivity index (χ0v) is 19.2. The number of nitrogens with one attached hydrogen (secondary N) is 1. The maximum atomic E-state index is 13.2. The Morgan fingerprint density at radius 1 is 1.09 bits per heavy atom. The maximum absolute atomic E-state index is 13.2. The molecule has 1 aliphatic rings. The Hall–Kier alpha value is -3.38. The second-order valence-corrected chi connectivity index (χ2v) is 8.78. The molecule has 0 radical (unpaired) electrons. The minimum absolute atomic E-state index is 0.0652.